The maximum absolute atomic E-state index is 6.17. The van der Waals surface area contributed by atoms with Crippen LogP contribution in [0.2, 0.25) is 10.0 Å². The molecule has 1 aliphatic carbocycles. The van der Waals surface area contributed by atoms with Gasteiger partial charge in [-0.1, -0.05) is 48.5 Å². The lowest BCUT2D eigenvalue weighted by Gasteiger charge is -2.23. The minimum Gasteiger partial charge on any atom is -0.367 e. The summed E-state index contributed by atoms with van der Waals surface area (Å²) >= 11 is 12.2. The van der Waals surface area contributed by atoms with Crippen LogP contribution in [0, 0.1) is 0 Å². The normalized spacial score (nSPS) is 15.5. The number of halogens is 2. The van der Waals surface area contributed by atoms with Gasteiger partial charge in [0.2, 0.25) is 5.95 Å². The van der Waals surface area contributed by atoms with E-state index in [2.05, 4.69) is 20.6 Å². The largest absolute Gasteiger partial charge is 0.367 e. The number of benzene rings is 1. The molecule has 0 radical (unpaired) electrons. The highest BCUT2D eigenvalue weighted by Crippen LogP contribution is 2.31. The highest BCUT2D eigenvalue weighted by Gasteiger charge is 2.14. The highest BCUT2D eigenvalue weighted by molar-refractivity contribution is 6.43. The molecule has 22 heavy (non-hydrogen) atoms. The van der Waals surface area contributed by atoms with Crippen molar-refractivity contribution >= 4 is 40.7 Å². The van der Waals surface area contributed by atoms with Crippen LogP contribution in [-0.2, 0) is 0 Å². The second kappa shape index (κ2) is 7.16. The van der Waals surface area contributed by atoms with Gasteiger partial charge < -0.3 is 10.6 Å². The van der Waals surface area contributed by atoms with Crippen molar-refractivity contribution in [3.05, 3.63) is 40.5 Å². The van der Waals surface area contributed by atoms with Gasteiger partial charge in [-0.15, -0.1) is 0 Å². The molecule has 0 unspecified atom stereocenters. The molecule has 116 valence electrons. The maximum atomic E-state index is 6.17. The van der Waals surface area contributed by atoms with Gasteiger partial charge in [0.15, 0.2) is 0 Å². The van der Waals surface area contributed by atoms with Crippen molar-refractivity contribution in [2.75, 3.05) is 10.6 Å². The monoisotopic (exact) mass is 336 g/mol. The smallest absolute Gasteiger partial charge is 0.229 e. The number of anilines is 3. The molecule has 1 aromatic carbocycles. The fourth-order valence-corrected chi connectivity index (χ4v) is 3.02. The van der Waals surface area contributed by atoms with Crippen LogP contribution < -0.4 is 10.6 Å². The Labute approximate surface area is 140 Å². The first-order valence-electron chi connectivity index (χ1n) is 7.53. The van der Waals surface area contributed by atoms with Crippen molar-refractivity contribution in [2.45, 2.75) is 38.1 Å². The quantitative estimate of drug-likeness (QED) is 0.798. The fraction of sp³-hybridized carbons (Fsp3) is 0.375. The third-order valence-corrected chi connectivity index (χ3v) is 4.63. The minimum atomic E-state index is 0.471. The Morgan fingerprint density at radius 3 is 2.68 bits per heavy atom. The summed E-state index contributed by atoms with van der Waals surface area (Å²) in [7, 11) is 0. The maximum Gasteiger partial charge on any atom is 0.229 e. The molecule has 4 nitrogen and oxygen atoms in total. The lowest BCUT2D eigenvalue weighted by atomic mass is 9.95. The summed E-state index contributed by atoms with van der Waals surface area (Å²) in [5, 5.41) is 7.57. The first-order valence-corrected chi connectivity index (χ1v) is 8.28. The molecule has 2 N–H and O–H groups in total. The van der Waals surface area contributed by atoms with Crippen LogP contribution in [0.15, 0.2) is 30.5 Å². The number of hydrogen-bond donors (Lipinski definition) is 2. The molecule has 1 heterocycles. The fourth-order valence-electron chi connectivity index (χ4n) is 2.68. The summed E-state index contributed by atoms with van der Waals surface area (Å²) < 4.78 is 0. The summed E-state index contributed by atoms with van der Waals surface area (Å²) in [6.45, 7) is 0. The van der Waals surface area contributed by atoms with Crippen LogP contribution in [0.3, 0.4) is 0 Å². The average Bonchev–Trinajstić information content (AvgIpc) is 2.53. The summed E-state index contributed by atoms with van der Waals surface area (Å²) in [5.41, 5.74) is 0.698. The number of hydrogen-bond acceptors (Lipinski definition) is 4. The van der Waals surface area contributed by atoms with E-state index in [0.717, 1.165) is 5.82 Å². The Balaban J connectivity index is 1.72. The number of nitrogens with zero attached hydrogens (tertiary/aromatic N) is 2. The van der Waals surface area contributed by atoms with E-state index in [-0.39, 0.29) is 0 Å². The zero-order valence-electron chi connectivity index (χ0n) is 12.1. The molecule has 6 heteroatoms. The van der Waals surface area contributed by atoms with Crippen molar-refractivity contribution in [3.63, 3.8) is 0 Å². The molecule has 1 aromatic heterocycles. The van der Waals surface area contributed by atoms with Gasteiger partial charge >= 0.3 is 0 Å². The van der Waals surface area contributed by atoms with E-state index in [1.807, 2.05) is 18.2 Å². The molecular weight excluding hydrogens is 319 g/mol. The van der Waals surface area contributed by atoms with Crippen molar-refractivity contribution in [2.24, 2.45) is 0 Å². The lowest BCUT2D eigenvalue weighted by molar-refractivity contribution is 0.462. The van der Waals surface area contributed by atoms with Crippen molar-refractivity contribution in [1.29, 1.82) is 0 Å². The summed E-state index contributed by atoms with van der Waals surface area (Å²) in [6.07, 6.45) is 8.04. The van der Waals surface area contributed by atoms with Crippen LogP contribution in [-0.4, -0.2) is 16.0 Å². The second-order valence-corrected chi connectivity index (χ2v) is 6.26. The summed E-state index contributed by atoms with van der Waals surface area (Å²) in [4.78, 5) is 8.73. The predicted molar refractivity (Wildman–Crippen MR) is 92.3 cm³/mol. The molecule has 0 spiro atoms. The van der Waals surface area contributed by atoms with Crippen LogP contribution >= 0.6 is 23.2 Å². The molecule has 1 saturated carbocycles. The third kappa shape index (κ3) is 3.81. The van der Waals surface area contributed by atoms with Gasteiger partial charge in [-0.3, -0.25) is 0 Å². The van der Waals surface area contributed by atoms with Crippen molar-refractivity contribution < 1.29 is 0 Å². The van der Waals surface area contributed by atoms with Gasteiger partial charge in [0.05, 0.1) is 15.7 Å². The first kappa shape index (κ1) is 15.4. The Hall–Kier alpha value is -1.52. The van der Waals surface area contributed by atoms with Crippen LogP contribution in [0.5, 0.6) is 0 Å². The molecule has 1 aliphatic rings. The third-order valence-electron chi connectivity index (χ3n) is 3.81. The SMILES string of the molecule is Clc1cccc(Nc2nccc(NC3CCCCC3)n2)c1Cl. The number of nitrogens with one attached hydrogen (secondary N) is 2. The van der Waals surface area contributed by atoms with Crippen LogP contribution in [0.25, 0.3) is 0 Å². The number of aromatic nitrogens is 2. The predicted octanol–water partition coefficient (Wildman–Crippen LogP) is 5.27. The molecule has 0 amide bonds. The van der Waals surface area contributed by atoms with E-state index in [1.54, 1.807) is 12.3 Å². The van der Waals surface area contributed by atoms with E-state index in [9.17, 15) is 0 Å². The number of rotatable bonds is 4. The molecule has 3 rings (SSSR count). The van der Waals surface area contributed by atoms with E-state index in [1.165, 1.54) is 32.1 Å². The van der Waals surface area contributed by atoms with Gasteiger partial charge in [0, 0.05) is 12.2 Å². The molecular formula is C16H18Cl2N4. The summed E-state index contributed by atoms with van der Waals surface area (Å²) in [6, 6.07) is 7.82. The average molecular weight is 337 g/mol. The zero-order chi connectivity index (χ0) is 15.4. The first-order chi connectivity index (χ1) is 10.7. The standard InChI is InChI=1S/C16H18Cl2N4/c17-12-7-4-8-13(15(12)18)21-16-19-10-9-14(22-16)20-11-5-2-1-3-6-11/h4,7-11H,1-3,5-6H2,(H2,19,20,21,22). The van der Waals surface area contributed by atoms with Crippen LogP contribution in [0.1, 0.15) is 32.1 Å². The Morgan fingerprint density at radius 2 is 1.86 bits per heavy atom. The molecule has 0 atom stereocenters. The Morgan fingerprint density at radius 1 is 1.05 bits per heavy atom. The van der Waals surface area contributed by atoms with Gasteiger partial charge in [-0.2, -0.15) is 4.98 Å². The van der Waals surface area contributed by atoms with Crippen LogP contribution in [0.4, 0.5) is 17.5 Å². The van der Waals surface area contributed by atoms with Gasteiger partial charge in [0.25, 0.3) is 0 Å². The van der Waals surface area contributed by atoms with Crippen molar-refractivity contribution in [3.8, 4) is 0 Å². The molecule has 2 aromatic rings. The Kier molecular flexibility index (Phi) is 5.01. The molecule has 1 fully saturated rings. The minimum absolute atomic E-state index is 0.471. The summed E-state index contributed by atoms with van der Waals surface area (Å²) in [5.74, 6) is 1.34. The zero-order valence-corrected chi connectivity index (χ0v) is 13.7. The Bertz CT molecular complexity index is 642. The van der Waals surface area contributed by atoms with E-state index < -0.39 is 0 Å². The van der Waals surface area contributed by atoms with E-state index >= 15 is 0 Å². The second-order valence-electron chi connectivity index (χ2n) is 5.47. The molecule has 0 saturated heterocycles. The van der Waals surface area contributed by atoms with Gasteiger partial charge in [-0.25, -0.2) is 4.98 Å². The highest BCUT2D eigenvalue weighted by atomic mass is 35.5. The lowest BCUT2D eigenvalue weighted by Crippen LogP contribution is -2.22. The topological polar surface area (TPSA) is 49.8 Å². The molecule has 0 aliphatic heterocycles. The molecule has 0 bridgehead atoms. The van der Waals surface area contributed by atoms with E-state index in [0.29, 0.717) is 27.7 Å². The van der Waals surface area contributed by atoms with Gasteiger partial charge in [0.1, 0.15) is 5.82 Å². The van der Waals surface area contributed by atoms with Gasteiger partial charge in [-0.05, 0) is 31.0 Å². The van der Waals surface area contributed by atoms with E-state index in [4.69, 9.17) is 23.2 Å². The van der Waals surface area contributed by atoms with Crippen molar-refractivity contribution in [1.82, 2.24) is 9.97 Å².